The molecule has 0 radical (unpaired) electrons. The minimum absolute atomic E-state index is 0.0470. The van der Waals surface area contributed by atoms with E-state index in [4.69, 9.17) is 0 Å². The first kappa shape index (κ1) is 22.5. The largest absolute Gasteiger partial charge is 0.356 e. The van der Waals surface area contributed by atoms with Gasteiger partial charge in [-0.1, -0.05) is 68.4 Å². The number of hydrogen-bond acceptors (Lipinski definition) is 3. The van der Waals surface area contributed by atoms with Gasteiger partial charge in [0.2, 0.25) is 5.91 Å². The smallest absolute Gasteiger partial charge is 0.276 e. The normalized spacial score (nSPS) is 11.2. The van der Waals surface area contributed by atoms with Gasteiger partial charge in [0.05, 0.1) is 5.69 Å². The van der Waals surface area contributed by atoms with E-state index >= 15 is 0 Å². The average Bonchev–Trinajstić information content (AvgIpc) is 3.27. The van der Waals surface area contributed by atoms with Gasteiger partial charge in [-0.05, 0) is 36.0 Å². The Hall–Kier alpha value is -3.67. The van der Waals surface area contributed by atoms with Gasteiger partial charge >= 0.3 is 0 Å². The maximum atomic E-state index is 12.9. The highest BCUT2D eigenvalue weighted by Gasteiger charge is 2.11. The number of carbonyl (C=O) groups is 1. The van der Waals surface area contributed by atoms with Gasteiger partial charge in [0.25, 0.3) is 5.56 Å². The quantitative estimate of drug-likeness (QED) is 0.390. The monoisotopic (exact) mass is 442 g/mol. The van der Waals surface area contributed by atoms with E-state index in [2.05, 4.69) is 48.5 Å². The van der Waals surface area contributed by atoms with Crippen LogP contribution in [-0.2, 0) is 17.8 Å². The molecule has 0 aliphatic carbocycles. The molecule has 2 aromatic carbocycles. The van der Waals surface area contributed by atoms with Crippen molar-refractivity contribution in [3.63, 3.8) is 0 Å². The molecule has 0 spiro atoms. The van der Waals surface area contributed by atoms with Gasteiger partial charge < -0.3 is 9.88 Å². The molecule has 33 heavy (non-hydrogen) atoms. The molecule has 0 atom stereocenters. The number of benzene rings is 2. The number of hydrogen-bond donors (Lipinski definition) is 1. The Balaban J connectivity index is 1.35. The van der Waals surface area contributed by atoms with Gasteiger partial charge in [0.15, 0.2) is 0 Å². The van der Waals surface area contributed by atoms with Crippen molar-refractivity contribution in [3.05, 3.63) is 94.5 Å². The van der Waals surface area contributed by atoms with E-state index in [-0.39, 0.29) is 17.9 Å². The number of nitrogens with one attached hydrogen (secondary N) is 1. The standard InChI is InChI=1S/C27H30N4O2/c1-20(2)22-10-12-23(13-11-22)24-19-25-27(33)30(17-18-31(25)29-24)16-14-26(32)28-15-6-9-21-7-4-3-5-8-21/h3-5,7-8,10-13,17-20H,6,9,14-16H2,1-2H3,(H,28,32). The van der Waals surface area contributed by atoms with Gasteiger partial charge in [0, 0.05) is 37.5 Å². The first-order chi connectivity index (χ1) is 16.0. The summed E-state index contributed by atoms with van der Waals surface area (Å²) >= 11 is 0. The third kappa shape index (κ3) is 5.58. The highest BCUT2D eigenvalue weighted by molar-refractivity contribution is 5.75. The van der Waals surface area contributed by atoms with E-state index in [1.807, 2.05) is 36.4 Å². The summed E-state index contributed by atoms with van der Waals surface area (Å²) in [5, 5.41) is 7.50. The first-order valence-electron chi connectivity index (χ1n) is 11.5. The van der Waals surface area contributed by atoms with Crippen LogP contribution in [0, 0.1) is 0 Å². The minimum Gasteiger partial charge on any atom is -0.356 e. The molecule has 0 aliphatic heterocycles. The fourth-order valence-electron chi connectivity index (χ4n) is 3.86. The number of fused-ring (bicyclic) bond motifs is 1. The predicted molar refractivity (Wildman–Crippen MR) is 131 cm³/mol. The van der Waals surface area contributed by atoms with Crippen molar-refractivity contribution >= 4 is 11.4 Å². The highest BCUT2D eigenvalue weighted by atomic mass is 16.1. The number of rotatable bonds is 9. The van der Waals surface area contributed by atoms with Crippen LogP contribution in [-0.4, -0.2) is 26.6 Å². The number of aryl methyl sites for hydroxylation is 2. The summed E-state index contributed by atoms with van der Waals surface area (Å²) in [6.07, 6.45) is 5.54. The molecule has 0 unspecified atom stereocenters. The van der Waals surface area contributed by atoms with Crippen molar-refractivity contribution in [2.24, 2.45) is 0 Å². The van der Waals surface area contributed by atoms with E-state index < -0.39 is 0 Å². The molecule has 6 heteroatoms. The van der Waals surface area contributed by atoms with Crippen molar-refractivity contribution in [1.29, 1.82) is 0 Å². The highest BCUT2D eigenvalue weighted by Crippen LogP contribution is 2.22. The van der Waals surface area contributed by atoms with E-state index in [1.54, 1.807) is 21.5 Å². The Morgan fingerprint density at radius 1 is 1.03 bits per heavy atom. The maximum absolute atomic E-state index is 12.9. The molecule has 0 fully saturated rings. The molecule has 0 saturated heterocycles. The molecular formula is C27H30N4O2. The molecule has 0 aliphatic rings. The summed E-state index contributed by atoms with van der Waals surface area (Å²) in [6.45, 7) is 5.29. The summed E-state index contributed by atoms with van der Waals surface area (Å²) < 4.78 is 3.18. The van der Waals surface area contributed by atoms with Crippen molar-refractivity contribution in [2.75, 3.05) is 6.54 Å². The lowest BCUT2D eigenvalue weighted by Crippen LogP contribution is -2.28. The SMILES string of the molecule is CC(C)c1ccc(-c2cc3c(=O)n(CCC(=O)NCCCc4ccccc4)ccn3n2)cc1. The van der Waals surface area contributed by atoms with Crippen LogP contribution in [0.15, 0.2) is 77.9 Å². The second-order valence-electron chi connectivity index (χ2n) is 8.62. The number of carbonyl (C=O) groups excluding carboxylic acids is 1. The summed E-state index contributed by atoms with van der Waals surface area (Å²) in [4.78, 5) is 25.1. The molecular weight excluding hydrogens is 412 g/mol. The van der Waals surface area contributed by atoms with Crippen LogP contribution in [0.3, 0.4) is 0 Å². The van der Waals surface area contributed by atoms with E-state index in [9.17, 15) is 9.59 Å². The molecule has 2 heterocycles. The van der Waals surface area contributed by atoms with Crippen LogP contribution in [0.4, 0.5) is 0 Å². The van der Waals surface area contributed by atoms with Crippen molar-refractivity contribution < 1.29 is 4.79 Å². The van der Waals surface area contributed by atoms with Gasteiger partial charge in [-0.3, -0.25) is 9.59 Å². The van der Waals surface area contributed by atoms with Crippen molar-refractivity contribution in [2.45, 2.75) is 45.6 Å². The Kier molecular flexibility index (Phi) is 7.03. The van der Waals surface area contributed by atoms with Crippen LogP contribution in [0.5, 0.6) is 0 Å². The molecule has 4 rings (SSSR count). The second kappa shape index (κ2) is 10.3. The Morgan fingerprint density at radius 2 is 1.79 bits per heavy atom. The third-order valence-corrected chi connectivity index (χ3v) is 5.86. The van der Waals surface area contributed by atoms with Crippen LogP contribution < -0.4 is 10.9 Å². The molecule has 1 N–H and O–H groups in total. The number of amides is 1. The molecule has 1 amide bonds. The Morgan fingerprint density at radius 3 is 2.52 bits per heavy atom. The van der Waals surface area contributed by atoms with Crippen LogP contribution >= 0.6 is 0 Å². The zero-order valence-corrected chi connectivity index (χ0v) is 19.2. The molecule has 170 valence electrons. The fourth-order valence-corrected chi connectivity index (χ4v) is 3.86. The predicted octanol–water partition coefficient (Wildman–Crippen LogP) is 4.43. The molecule has 6 nitrogen and oxygen atoms in total. The van der Waals surface area contributed by atoms with E-state index in [0.717, 1.165) is 24.1 Å². The van der Waals surface area contributed by atoms with Crippen molar-refractivity contribution in [3.8, 4) is 11.3 Å². The molecule has 0 bridgehead atoms. The molecule has 2 aromatic heterocycles. The van der Waals surface area contributed by atoms with Crippen LogP contribution in [0.2, 0.25) is 0 Å². The summed E-state index contributed by atoms with van der Waals surface area (Å²) in [5.41, 5.74) is 4.63. The number of nitrogens with zero attached hydrogens (tertiary/aromatic N) is 3. The summed E-state index contributed by atoms with van der Waals surface area (Å²) in [7, 11) is 0. The van der Waals surface area contributed by atoms with Gasteiger partial charge in [-0.25, -0.2) is 4.52 Å². The van der Waals surface area contributed by atoms with Crippen LogP contribution in [0.1, 0.15) is 43.7 Å². The summed E-state index contributed by atoms with van der Waals surface area (Å²) in [5.74, 6) is 0.419. The van der Waals surface area contributed by atoms with Gasteiger partial charge in [-0.15, -0.1) is 0 Å². The second-order valence-corrected chi connectivity index (χ2v) is 8.62. The fraction of sp³-hybridized carbons (Fsp3) is 0.296. The zero-order valence-electron chi connectivity index (χ0n) is 19.2. The van der Waals surface area contributed by atoms with Gasteiger partial charge in [0.1, 0.15) is 5.52 Å². The Labute approximate surface area is 193 Å². The summed E-state index contributed by atoms with van der Waals surface area (Å²) in [6, 6.07) is 20.3. The first-order valence-corrected chi connectivity index (χ1v) is 11.5. The Bertz CT molecular complexity index is 1270. The number of aromatic nitrogens is 3. The topological polar surface area (TPSA) is 68.4 Å². The van der Waals surface area contributed by atoms with Gasteiger partial charge in [-0.2, -0.15) is 5.10 Å². The minimum atomic E-state index is -0.146. The van der Waals surface area contributed by atoms with Crippen molar-refractivity contribution in [1.82, 2.24) is 19.5 Å². The lowest BCUT2D eigenvalue weighted by Gasteiger charge is -2.07. The zero-order chi connectivity index (χ0) is 23.2. The lowest BCUT2D eigenvalue weighted by molar-refractivity contribution is -0.121. The van der Waals surface area contributed by atoms with E-state index in [1.165, 1.54) is 11.1 Å². The average molecular weight is 443 g/mol. The maximum Gasteiger partial charge on any atom is 0.276 e. The molecule has 4 aromatic rings. The third-order valence-electron chi connectivity index (χ3n) is 5.86. The molecule has 0 saturated carbocycles. The van der Waals surface area contributed by atoms with Crippen LogP contribution in [0.25, 0.3) is 16.8 Å². The van der Waals surface area contributed by atoms with E-state index in [0.29, 0.717) is 24.5 Å². The lowest BCUT2D eigenvalue weighted by atomic mass is 10.0.